The van der Waals surface area contributed by atoms with E-state index >= 15 is 0 Å². The summed E-state index contributed by atoms with van der Waals surface area (Å²) in [4.78, 5) is 25.9. The van der Waals surface area contributed by atoms with Crippen LogP contribution in [0.15, 0.2) is 29.4 Å². The van der Waals surface area contributed by atoms with E-state index in [-0.39, 0.29) is 11.8 Å². The first-order valence-corrected chi connectivity index (χ1v) is 10.2. The van der Waals surface area contributed by atoms with E-state index in [4.69, 9.17) is 0 Å². The molecule has 2 amide bonds. The van der Waals surface area contributed by atoms with Gasteiger partial charge in [-0.3, -0.25) is 9.59 Å². The monoisotopic (exact) mass is 388 g/mol. The molecule has 1 fully saturated rings. The molecule has 1 N–H and O–H groups in total. The SMILES string of the molecule is CCC1CCCCN1C(=O)CSc1nnnn1-c1cccc(NC(C)=O)c1. The smallest absolute Gasteiger partial charge is 0.233 e. The Labute approximate surface area is 162 Å². The molecule has 1 aliphatic heterocycles. The van der Waals surface area contributed by atoms with Crippen molar-refractivity contribution in [3.05, 3.63) is 24.3 Å². The number of likely N-dealkylation sites (tertiary alicyclic amines) is 1. The molecule has 9 heteroatoms. The third-order valence-electron chi connectivity index (χ3n) is 4.60. The van der Waals surface area contributed by atoms with Gasteiger partial charge in [-0.05, 0) is 54.3 Å². The van der Waals surface area contributed by atoms with Gasteiger partial charge in [0.2, 0.25) is 17.0 Å². The lowest BCUT2D eigenvalue weighted by Crippen LogP contribution is -2.44. The molecule has 0 radical (unpaired) electrons. The van der Waals surface area contributed by atoms with Crippen molar-refractivity contribution in [2.75, 3.05) is 17.6 Å². The fraction of sp³-hybridized carbons (Fsp3) is 0.500. The van der Waals surface area contributed by atoms with Gasteiger partial charge in [-0.25, -0.2) is 0 Å². The Bertz CT molecular complexity index is 809. The molecule has 8 nitrogen and oxygen atoms in total. The summed E-state index contributed by atoms with van der Waals surface area (Å²) < 4.78 is 1.58. The number of hydrogen-bond donors (Lipinski definition) is 1. The van der Waals surface area contributed by atoms with Gasteiger partial charge in [0.15, 0.2) is 0 Å². The molecule has 144 valence electrons. The first-order valence-electron chi connectivity index (χ1n) is 9.17. The number of carbonyl (C=O) groups excluding carboxylic acids is 2. The summed E-state index contributed by atoms with van der Waals surface area (Å²) in [5, 5.41) is 15.1. The van der Waals surface area contributed by atoms with Gasteiger partial charge in [-0.2, -0.15) is 4.68 Å². The summed E-state index contributed by atoms with van der Waals surface area (Å²) >= 11 is 1.33. The average Bonchev–Trinajstić information content (AvgIpc) is 3.14. The van der Waals surface area contributed by atoms with Crippen LogP contribution in [0.5, 0.6) is 0 Å². The number of piperidine rings is 1. The Hall–Kier alpha value is -2.42. The molecule has 1 atom stereocenters. The van der Waals surface area contributed by atoms with Gasteiger partial charge in [0.1, 0.15) is 0 Å². The van der Waals surface area contributed by atoms with Gasteiger partial charge in [-0.15, -0.1) is 5.10 Å². The van der Waals surface area contributed by atoms with Crippen LogP contribution < -0.4 is 5.32 Å². The average molecular weight is 388 g/mol. The largest absolute Gasteiger partial charge is 0.339 e. The van der Waals surface area contributed by atoms with E-state index in [9.17, 15) is 9.59 Å². The van der Waals surface area contributed by atoms with Gasteiger partial charge in [-0.1, -0.05) is 24.8 Å². The normalized spacial score (nSPS) is 17.0. The van der Waals surface area contributed by atoms with Crippen molar-refractivity contribution in [1.82, 2.24) is 25.1 Å². The van der Waals surface area contributed by atoms with E-state index in [0.29, 0.717) is 22.6 Å². The molecule has 3 rings (SSSR count). The molecule has 0 bridgehead atoms. The third kappa shape index (κ3) is 4.85. The summed E-state index contributed by atoms with van der Waals surface area (Å²) in [6.45, 7) is 4.42. The van der Waals surface area contributed by atoms with Crippen LogP contribution in [0.3, 0.4) is 0 Å². The maximum Gasteiger partial charge on any atom is 0.233 e. The molecule has 0 spiro atoms. The Morgan fingerprint density at radius 1 is 1.33 bits per heavy atom. The van der Waals surface area contributed by atoms with E-state index in [1.54, 1.807) is 16.8 Å². The second kappa shape index (κ2) is 8.98. The molecule has 1 unspecified atom stereocenters. The minimum Gasteiger partial charge on any atom is -0.339 e. The van der Waals surface area contributed by atoms with E-state index in [2.05, 4.69) is 27.8 Å². The van der Waals surface area contributed by atoms with E-state index in [1.165, 1.54) is 25.1 Å². The number of amides is 2. The molecular weight excluding hydrogens is 364 g/mol. The van der Waals surface area contributed by atoms with Crippen LogP contribution in [0.2, 0.25) is 0 Å². The summed E-state index contributed by atoms with van der Waals surface area (Å²) in [6.07, 6.45) is 4.34. The Morgan fingerprint density at radius 2 is 2.19 bits per heavy atom. The van der Waals surface area contributed by atoms with Gasteiger partial charge in [0.05, 0.1) is 11.4 Å². The number of tetrazole rings is 1. The zero-order valence-corrected chi connectivity index (χ0v) is 16.4. The molecule has 27 heavy (non-hydrogen) atoms. The van der Waals surface area contributed by atoms with Gasteiger partial charge < -0.3 is 10.2 Å². The topological polar surface area (TPSA) is 93.0 Å². The van der Waals surface area contributed by atoms with Crippen molar-refractivity contribution < 1.29 is 9.59 Å². The minimum atomic E-state index is -0.143. The number of nitrogens with one attached hydrogen (secondary N) is 1. The molecular formula is C18H24N6O2S. The molecule has 0 aliphatic carbocycles. The Morgan fingerprint density at radius 3 is 2.96 bits per heavy atom. The number of anilines is 1. The second-order valence-corrected chi connectivity index (χ2v) is 7.48. The van der Waals surface area contributed by atoms with Crippen molar-refractivity contribution in [3.8, 4) is 5.69 Å². The van der Waals surface area contributed by atoms with Crippen molar-refractivity contribution in [1.29, 1.82) is 0 Å². The minimum absolute atomic E-state index is 0.132. The maximum atomic E-state index is 12.7. The molecule has 2 aromatic rings. The van der Waals surface area contributed by atoms with Crippen LogP contribution in [0.4, 0.5) is 5.69 Å². The lowest BCUT2D eigenvalue weighted by atomic mass is 10.0. The van der Waals surface area contributed by atoms with Gasteiger partial charge >= 0.3 is 0 Å². The maximum absolute atomic E-state index is 12.7. The number of thioether (sulfide) groups is 1. The fourth-order valence-electron chi connectivity index (χ4n) is 3.31. The third-order valence-corrected chi connectivity index (χ3v) is 5.50. The van der Waals surface area contributed by atoms with Crippen LogP contribution in [0, 0.1) is 0 Å². The molecule has 1 aliphatic rings. The molecule has 1 aromatic carbocycles. The lowest BCUT2D eigenvalue weighted by Gasteiger charge is -2.35. The molecule has 2 heterocycles. The predicted octanol–water partition coefficient (Wildman–Crippen LogP) is 2.50. The summed E-state index contributed by atoms with van der Waals surface area (Å²) in [5.41, 5.74) is 1.40. The van der Waals surface area contributed by atoms with Gasteiger partial charge in [0, 0.05) is 25.2 Å². The summed E-state index contributed by atoms with van der Waals surface area (Å²) in [7, 11) is 0. The molecule has 1 aromatic heterocycles. The van der Waals surface area contributed by atoms with Crippen molar-refractivity contribution in [3.63, 3.8) is 0 Å². The van der Waals surface area contributed by atoms with E-state index in [0.717, 1.165) is 31.5 Å². The first kappa shape index (κ1) is 19.3. The number of hydrogen-bond acceptors (Lipinski definition) is 6. The van der Waals surface area contributed by atoms with Crippen molar-refractivity contribution in [2.24, 2.45) is 0 Å². The number of benzene rings is 1. The first-order chi connectivity index (χ1) is 13.1. The van der Waals surface area contributed by atoms with Crippen molar-refractivity contribution in [2.45, 2.75) is 50.7 Å². The molecule has 1 saturated heterocycles. The highest BCUT2D eigenvalue weighted by atomic mass is 32.2. The number of aromatic nitrogens is 4. The van der Waals surface area contributed by atoms with E-state index < -0.39 is 0 Å². The number of nitrogens with zero attached hydrogens (tertiary/aromatic N) is 5. The van der Waals surface area contributed by atoms with Crippen LogP contribution >= 0.6 is 11.8 Å². The molecule has 0 saturated carbocycles. The Balaban J connectivity index is 1.68. The fourth-order valence-corrected chi connectivity index (χ4v) is 4.09. The Kier molecular flexibility index (Phi) is 6.44. The highest BCUT2D eigenvalue weighted by molar-refractivity contribution is 7.99. The van der Waals surface area contributed by atoms with Crippen molar-refractivity contribution >= 4 is 29.3 Å². The standard InChI is InChI=1S/C18H24N6O2S/c1-3-15-8-4-5-10-23(15)17(26)12-27-18-20-21-22-24(18)16-9-6-7-14(11-16)19-13(2)25/h6-7,9,11,15H,3-5,8,10,12H2,1-2H3,(H,19,25). The van der Waals surface area contributed by atoms with Gasteiger partial charge in [0.25, 0.3) is 0 Å². The zero-order valence-electron chi connectivity index (χ0n) is 15.6. The zero-order chi connectivity index (χ0) is 19.2. The summed E-state index contributed by atoms with van der Waals surface area (Å²) in [6, 6.07) is 7.61. The highest BCUT2D eigenvalue weighted by Crippen LogP contribution is 2.24. The van der Waals surface area contributed by atoms with Crippen LogP contribution in [-0.2, 0) is 9.59 Å². The number of carbonyl (C=O) groups is 2. The van der Waals surface area contributed by atoms with Crippen LogP contribution in [0.25, 0.3) is 5.69 Å². The number of rotatable bonds is 6. The van der Waals surface area contributed by atoms with Crippen LogP contribution in [0.1, 0.15) is 39.5 Å². The quantitative estimate of drug-likeness (QED) is 0.765. The second-order valence-electron chi connectivity index (χ2n) is 6.54. The van der Waals surface area contributed by atoms with Crippen LogP contribution in [-0.4, -0.2) is 55.3 Å². The predicted molar refractivity (Wildman–Crippen MR) is 104 cm³/mol. The summed E-state index contributed by atoms with van der Waals surface area (Å²) in [5.74, 6) is 0.298. The van der Waals surface area contributed by atoms with E-state index in [1.807, 2.05) is 17.0 Å². The highest BCUT2D eigenvalue weighted by Gasteiger charge is 2.25. The lowest BCUT2D eigenvalue weighted by molar-refractivity contribution is -0.132.